The Labute approximate surface area is 114 Å². The normalized spacial score (nSPS) is 16.2. The highest BCUT2D eigenvalue weighted by Gasteiger charge is 2.18. The average Bonchev–Trinajstić information content (AvgIpc) is 2.99. The van der Waals surface area contributed by atoms with Gasteiger partial charge in [0, 0.05) is 6.42 Å². The van der Waals surface area contributed by atoms with Crippen molar-refractivity contribution in [2.24, 2.45) is 0 Å². The Morgan fingerprint density at radius 1 is 1.16 bits per heavy atom. The first-order valence-electron chi connectivity index (χ1n) is 6.85. The van der Waals surface area contributed by atoms with E-state index in [9.17, 15) is 0 Å². The van der Waals surface area contributed by atoms with Crippen LogP contribution in [0.2, 0.25) is 0 Å². The number of nitrogens with one attached hydrogen (secondary N) is 1. The number of benzene rings is 2. The summed E-state index contributed by atoms with van der Waals surface area (Å²) in [6, 6.07) is 15.3. The van der Waals surface area contributed by atoms with Crippen LogP contribution in [0, 0.1) is 0 Å². The number of rotatable bonds is 4. The summed E-state index contributed by atoms with van der Waals surface area (Å²) in [4.78, 5) is 0. The van der Waals surface area contributed by atoms with E-state index in [4.69, 9.17) is 4.74 Å². The summed E-state index contributed by atoms with van der Waals surface area (Å²) in [5, 5.41) is 6.00. The Kier molecular flexibility index (Phi) is 3.51. The number of fused-ring (bicyclic) bond motifs is 1. The molecule has 0 amide bonds. The molecular formula is C17H19NO. The minimum Gasteiger partial charge on any atom is -0.496 e. The molecule has 1 heterocycles. The van der Waals surface area contributed by atoms with Crippen molar-refractivity contribution >= 4 is 10.8 Å². The van der Waals surface area contributed by atoms with E-state index in [0.29, 0.717) is 0 Å². The monoisotopic (exact) mass is 253 g/mol. The highest BCUT2D eigenvalue weighted by Crippen LogP contribution is 2.23. The Morgan fingerprint density at radius 2 is 2.00 bits per heavy atom. The van der Waals surface area contributed by atoms with Gasteiger partial charge in [0.2, 0.25) is 0 Å². The van der Waals surface area contributed by atoms with Crippen LogP contribution in [-0.2, 0) is 11.2 Å². The summed E-state index contributed by atoms with van der Waals surface area (Å²) >= 11 is 0. The van der Waals surface area contributed by atoms with E-state index >= 15 is 0 Å². The Bertz CT molecular complexity index is 598. The van der Waals surface area contributed by atoms with Crippen LogP contribution < -0.4 is 5.32 Å². The van der Waals surface area contributed by atoms with Crippen LogP contribution in [0.3, 0.4) is 0 Å². The quantitative estimate of drug-likeness (QED) is 0.903. The number of hydrogen-bond acceptors (Lipinski definition) is 2. The van der Waals surface area contributed by atoms with Crippen LogP contribution in [0.1, 0.15) is 12.0 Å². The highest BCUT2D eigenvalue weighted by molar-refractivity contribution is 5.85. The molecular weight excluding hydrogens is 234 g/mol. The third kappa shape index (κ3) is 2.49. The van der Waals surface area contributed by atoms with Crippen LogP contribution in [-0.4, -0.2) is 19.7 Å². The molecule has 0 saturated carbocycles. The van der Waals surface area contributed by atoms with Gasteiger partial charge in [-0.3, -0.25) is 0 Å². The molecule has 0 fully saturated rings. The topological polar surface area (TPSA) is 21.3 Å². The zero-order valence-corrected chi connectivity index (χ0v) is 11.2. The van der Waals surface area contributed by atoms with Crippen molar-refractivity contribution in [3.05, 3.63) is 59.9 Å². The van der Waals surface area contributed by atoms with Gasteiger partial charge in [-0.15, -0.1) is 0 Å². The van der Waals surface area contributed by atoms with Gasteiger partial charge in [0.25, 0.3) is 0 Å². The lowest BCUT2D eigenvalue weighted by molar-refractivity contribution is 0.217. The SMILES string of the molecule is CNC(Cc1cccc2ccccc12)C1=CCCO1. The van der Waals surface area contributed by atoms with Crippen LogP contribution in [0.15, 0.2) is 54.3 Å². The van der Waals surface area contributed by atoms with E-state index in [0.717, 1.165) is 25.2 Å². The molecule has 0 bridgehead atoms. The lowest BCUT2D eigenvalue weighted by atomic mass is 9.98. The van der Waals surface area contributed by atoms with Crippen molar-refractivity contribution in [2.75, 3.05) is 13.7 Å². The number of likely N-dealkylation sites (N-methyl/N-ethyl adjacent to an activating group) is 1. The molecule has 19 heavy (non-hydrogen) atoms. The van der Waals surface area contributed by atoms with Crippen LogP contribution in [0.4, 0.5) is 0 Å². The van der Waals surface area contributed by atoms with E-state index in [1.54, 1.807) is 0 Å². The molecule has 1 aliphatic rings. The molecule has 0 aromatic heterocycles. The van der Waals surface area contributed by atoms with Crippen molar-refractivity contribution in [3.63, 3.8) is 0 Å². The summed E-state index contributed by atoms with van der Waals surface area (Å²) < 4.78 is 5.69. The van der Waals surface area contributed by atoms with Gasteiger partial charge in [-0.05, 0) is 35.9 Å². The first-order chi connectivity index (χ1) is 9.38. The number of hydrogen-bond donors (Lipinski definition) is 1. The fourth-order valence-electron chi connectivity index (χ4n) is 2.72. The minimum absolute atomic E-state index is 0.272. The largest absolute Gasteiger partial charge is 0.496 e. The highest BCUT2D eigenvalue weighted by atomic mass is 16.5. The molecule has 1 aliphatic heterocycles. The molecule has 1 atom stereocenters. The van der Waals surface area contributed by atoms with Crippen LogP contribution >= 0.6 is 0 Å². The standard InChI is InChI=1S/C17H19NO/c1-18-16(17-10-5-11-19-17)12-14-8-4-7-13-6-2-3-9-15(13)14/h2-4,6-10,16,18H,5,11-12H2,1H3. The van der Waals surface area contributed by atoms with Gasteiger partial charge in [-0.1, -0.05) is 42.5 Å². The maximum atomic E-state index is 5.69. The summed E-state index contributed by atoms with van der Waals surface area (Å²) in [6.45, 7) is 0.822. The predicted octanol–water partition coefficient (Wildman–Crippen LogP) is 3.27. The molecule has 2 nitrogen and oxygen atoms in total. The molecule has 2 aromatic carbocycles. The second-order valence-electron chi connectivity index (χ2n) is 4.93. The molecule has 0 spiro atoms. The molecule has 0 radical (unpaired) electrons. The summed E-state index contributed by atoms with van der Waals surface area (Å²) in [7, 11) is 2.00. The van der Waals surface area contributed by atoms with Crippen molar-refractivity contribution in [2.45, 2.75) is 18.9 Å². The minimum atomic E-state index is 0.272. The Morgan fingerprint density at radius 3 is 2.79 bits per heavy atom. The summed E-state index contributed by atoms with van der Waals surface area (Å²) in [5.74, 6) is 1.09. The smallest absolute Gasteiger partial charge is 0.109 e. The van der Waals surface area contributed by atoms with Gasteiger partial charge in [-0.25, -0.2) is 0 Å². The van der Waals surface area contributed by atoms with Gasteiger partial charge in [0.1, 0.15) is 5.76 Å². The van der Waals surface area contributed by atoms with Gasteiger partial charge >= 0.3 is 0 Å². The predicted molar refractivity (Wildman–Crippen MR) is 79.2 cm³/mol. The third-order valence-electron chi connectivity index (χ3n) is 3.73. The fraction of sp³-hybridized carbons (Fsp3) is 0.294. The van der Waals surface area contributed by atoms with E-state index in [2.05, 4.69) is 53.9 Å². The van der Waals surface area contributed by atoms with Gasteiger partial charge < -0.3 is 10.1 Å². The van der Waals surface area contributed by atoms with E-state index in [-0.39, 0.29) is 6.04 Å². The first-order valence-corrected chi connectivity index (χ1v) is 6.85. The van der Waals surface area contributed by atoms with Crippen molar-refractivity contribution in [3.8, 4) is 0 Å². The average molecular weight is 253 g/mol. The molecule has 0 aliphatic carbocycles. The third-order valence-corrected chi connectivity index (χ3v) is 3.73. The molecule has 98 valence electrons. The van der Waals surface area contributed by atoms with Crippen molar-refractivity contribution in [1.29, 1.82) is 0 Å². The lowest BCUT2D eigenvalue weighted by Crippen LogP contribution is -2.30. The zero-order valence-electron chi connectivity index (χ0n) is 11.2. The van der Waals surface area contributed by atoms with Gasteiger partial charge in [0.15, 0.2) is 0 Å². The maximum absolute atomic E-state index is 5.69. The summed E-state index contributed by atoms with van der Waals surface area (Å²) in [6.07, 6.45) is 4.19. The molecule has 2 aromatic rings. The van der Waals surface area contributed by atoms with E-state index < -0.39 is 0 Å². The van der Waals surface area contributed by atoms with E-state index in [1.807, 2.05) is 7.05 Å². The molecule has 0 saturated heterocycles. The molecule has 1 N–H and O–H groups in total. The number of ether oxygens (including phenoxy) is 1. The second kappa shape index (κ2) is 5.45. The lowest BCUT2D eigenvalue weighted by Gasteiger charge is -2.18. The summed E-state index contributed by atoms with van der Waals surface area (Å²) in [5.41, 5.74) is 1.37. The van der Waals surface area contributed by atoms with E-state index in [1.165, 1.54) is 16.3 Å². The first kappa shape index (κ1) is 12.2. The zero-order chi connectivity index (χ0) is 13.1. The van der Waals surface area contributed by atoms with Gasteiger partial charge in [-0.2, -0.15) is 0 Å². The van der Waals surface area contributed by atoms with Gasteiger partial charge in [0.05, 0.1) is 12.6 Å². The van der Waals surface area contributed by atoms with Crippen molar-refractivity contribution < 1.29 is 4.74 Å². The molecule has 2 heteroatoms. The molecule has 1 unspecified atom stereocenters. The fourth-order valence-corrected chi connectivity index (χ4v) is 2.72. The van der Waals surface area contributed by atoms with Crippen molar-refractivity contribution in [1.82, 2.24) is 5.32 Å². The Hall–Kier alpha value is -1.80. The maximum Gasteiger partial charge on any atom is 0.109 e. The van der Waals surface area contributed by atoms with Crippen LogP contribution in [0.25, 0.3) is 10.8 Å². The molecule has 3 rings (SSSR count). The second-order valence-corrected chi connectivity index (χ2v) is 4.93. The Balaban J connectivity index is 1.91. The van der Waals surface area contributed by atoms with Crippen LogP contribution in [0.5, 0.6) is 0 Å².